The summed E-state index contributed by atoms with van der Waals surface area (Å²) < 4.78 is 5.91. The molecule has 2 heterocycles. The predicted octanol–water partition coefficient (Wildman–Crippen LogP) is 1.39. The van der Waals surface area contributed by atoms with Crippen LogP contribution >= 0.6 is 0 Å². The number of aromatic nitrogens is 2. The predicted molar refractivity (Wildman–Crippen MR) is 111 cm³/mol. The first-order valence-corrected chi connectivity index (χ1v) is 9.83. The lowest BCUT2D eigenvalue weighted by Gasteiger charge is -2.26. The van der Waals surface area contributed by atoms with Crippen LogP contribution in [0.25, 0.3) is 10.9 Å². The van der Waals surface area contributed by atoms with Gasteiger partial charge in [-0.05, 0) is 17.7 Å². The molecule has 1 aromatic heterocycles. The van der Waals surface area contributed by atoms with Gasteiger partial charge >= 0.3 is 0 Å². The second-order valence-electron chi connectivity index (χ2n) is 7.10. The molecule has 1 aliphatic rings. The number of H-pyrrole nitrogens is 1. The molecule has 2 N–H and O–H groups in total. The average Bonchev–Trinajstić information content (AvgIpc) is 2.77. The van der Waals surface area contributed by atoms with Crippen molar-refractivity contribution in [3.8, 4) is 5.75 Å². The molecule has 0 saturated carbocycles. The second-order valence-corrected chi connectivity index (χ2v) is 7.10. The standard InChI is InChI=1S/C22H22N4O4/c27-19-13-26(12-11-23-19)20(28)10-9-18-24-21-16(22(29)25-18)7-4-8-17(21)30-14-15-5-2-1-3-6-15/h1-8H,9-14H2,(H,23,27)(H,24,25,29). The topological polar surface area (TPSA) is 104 Å². The summed E-state index contributed by atoms with van der Waals surface area (Å²) in [6.45, 7) is 1.37. The summed E-state index contributed by atoms with van der Waals surface area (Å²) >= 11 is 0. The number of hydrogen-bond acceptors (Lipinski definition) is 5. The van der Waals surface area contributed by atoms with Crippen LogP contribution in [0.15, 0.2) is 53.3 Å². The van der Waals surface area contributed by atoms with Crippen LogP contribution in [-0.2, 0) is 22.6 Å². The fraction of sp³-hybridized carbons (Fsp3) is 0.273. The quantitative estimate of drug-likeness (QED) is 0.644. The summed E-state index contributed by atoms with van der Waals surface area (Å²) in [5, 5.41) is 3.13. The fourth-order valence-electron chi connectivity index (χ4n) is 3.39. The molecule has 0 aliphatic carbocycles. The first kappa shape index (κ1) is 19.6. The molecule has 2 amide bonds. The van der Waals surface area contributed by atoms with E-state index in [0.717, 1.165) is 5.56 Å². The van der Waals surface area contributed by atoms with Gasteiger partial charge in [0, 0.05) is 25.9 Å². The number of aryl methyl sites for hydroxylation is 1. The van der Waals surface area contributed by atoms with Crippen LogP contribution in [0.5, 0.6) is 5.75 Å². The van der Waals surface area contributed by atoms with Gasteiger partial charge in [-0.15, -0.1) is 0 Å². The van der Waals surface area contributed by atoms with Crippen LogP contribution in [0.3, 0.4) is 0 Å². The van der Waals surface area contributed by atoms with E-state index in [0.29, 0.717) is 42.2 Å². The van der Waals surface area contributed by atoms with Gasteiger partial charge in [-0.25, -0.2) is 4.98 Å². The number of nitrogens with zero attached hydrogens (tertiary/aromatic N) is 2. The molecule has 4 rings (SSSR count). The van der Waals surface area contributed by atoms with E-state index >= 15 is 0 Å². The van der Waals surface area contributed by atoms with E-state index in [1.807, 2.05) is 30.3 Å². The number of nitrogens with one attached hydrogen (secondary N) is 2. The Bertz CT molecular complexity index is 1130. The molecule has 8 nitrogen and oxygen atoms in total. The number of carbonyl (C=O) groups excluding carboxylic acids is 2. The van der Waals surface area contributed by atoms with Crippen molar-refractivity contribution in [3.05, 3.63) is 70.3 Å². The summed E-state index contributed by atoms with van der Waals surface area (Å²) in [4.78, 5) is 45.2. The largest absolute Gasteiger partial charge is 0.487 e. The van der Waals surface area contributed by atoms with Crippen molar-refractivity contribution in [2.75, 3.05) is 19.6 Å². The Morgan fingerprint density at radius 1 is 1.10 bits per heavy atom. The van der Waals surface area contributed by atoms with Crippen LogP contribution in [0.1, 0.15) is 17.8 Å². The van der Waals surface area contributed by atoms with Gasteiger partial charge in [0.1, 0.15) is 23.7 Å². The monoisotopic (exact) mass is 406 g/mol. The lowest BCUT2D eigenvalue weighted by molar-refractivity contribution is -0.138. The summed E-state index contributed by atoms with van der Waals surface area (Å²) in [6, 6.07) is 15.0. The zero-order chi connectivity index (χ0) is 20.9. The third kappa shape index (κ3) is 4.48. The first-order valence-electron chi connectivity index (χ1n) is 9.83. The van der Waals surface area contributed by atoms with Crippen molar-refractivity contribution in [1.82, 2.24) is 20.2 Å². The van der Waals surface area contributed by atoms with E-state index in [4.69, 9.17) is 4.74 Å². The Labute approximate surface area is 172 Å². The number of benzene rings is 2. The molecule has 1 aliphatic heterocycles. The Morgan fingerprint density at radius 2 is 1.93 bits per heavy atom. The minimum Gasteiger partial charge on any atom is -0.487 e. The maximum Gasteiger partial charge on any atom is 0.258 e. The Kier molecular flexibility index (Phi) is 5.74. The Morgan fingerprint density at radius 3 is 2.73 bits per heavy atom. The molecular weight excluding hydrogens is 384 g/mol. The summed E-state index contributed by atoms with van der Waals surface area (Å²) in [5.74, 6) is 0.633. The number of rotatable bonds is 6. The molecule has 0 radical (unpaired) electrons. The molecule has 0 spiro atoms. The number of piperazine rings is 1. The third-order valence-electron chi connectivity index (χ3n) is 4.95. The maximum atomic E-state index is 12.5. The molecule has 1 fully saturated rings. The normalized spacial score (nSPS) is 13.9. The zero-order valence-corrected chi connectivity index (χ0v) is 16.4. The molecule has 154 valence electrons. The Balaban J connectivity index is 1.51. The highest BCUT2D eigenvalue weighted by atomic mass is 16.5. The van der Waals surface area contributed by atoms with Crippen molar-refractivity contribution in [1.29, 1.82) is 0 Å². The van der Waals surface area contributed by atoms with E-state index in [9.17, 15) is 14.4 Å². The van der Waals surface area contributed by atoms with Crippen LogP contribution in [0.4, 0.5) is 0 Å². The molecule has 0 unspecified atom stereocenters. The van der Waals surface area contributed by atoms with Gasteiger partial charge in [0.05, 0.1) is 11.9 Å². The van der Waals surface area contributed by atoms with Gasteiger partial charge in [-0.1, -0.05) is 36.4 Å². The number of amides is 2. The fourth-order valence-corrected chi connectivity index (χ4v) is 3.39. The van der Waals surface area contributed by atoms with E-state index in [-0.39, 0.29) is 36.8 Å². The van der Waals surface area contributed by atoms with Gasteiger partial charge in [0.2, 0.25) is 11.8 Å². The Hall–Kier alpha value is -3.68. The van der Waals surface area contributed by atoms with Gasteiger partial charge in [0.25, 0.3) is 5.56 Å². The van der Waals surface area contributed by atoms with Crippen molar-refractivity contribution in [2.24, 2.45) is 0 Å². The number of hydrogen-bond donors (Lipinski definition) is 2. The first-order chi connectivity index (χ1) is 14.6. The van der Waals surface area contributed by atoms with E-state index < -0.39 is 0 Å². The molecule has 3 aromatic rings. The highest BCUT2D eigenvalue weighted by molar-refractivity contribution is 5.86. The molecule has 1 saturated heterocycles. The minimum atomic E-state index is -0.273. The van der Waals surface area contributed by atoms with Crippen LogP contribution in [-0.4, -0.2) is 46.3 Å². The lowest BCUT2D eigenvalue weighted by Crippen LogP contribution is -2.50. The van der Waals surface area contributed by atoms with Crippen LogP contribution < -0.4 is 15.6 Å². The number of aromatic amines is 1. The average molecular weight is 406 g/mol. The maximum absolute atomic E-state index is 12.5. The van der Waals surface area contributed by atoms with Crippen LogP contribution in [0.2, 0.25) is 0 Å². The van der Waals surface area contributed by atoms with Gasteiger partial charge in [-0.2, -0.15) is 0 Å². The van der Waals surface area contributed by atoms with Crippen molar-refractivity contribution in [2.45, 2.75) is 19.4 Å². The van der Waals surface area contributed by atoms with Crippen molar-refractivity contribution in [3.63, 3.8) is 0 Å². The van der Waals surface area contributed by atoms with Crippen molar-refractivity contribution >= 4 is 22.7 Å². The molecule has 0 bridgehead atoms. The highest BCUT2D eigenvalue weighted by Crippen LogP contribution is 2.22. The number of para-hydroxylation sites is 1. The third-order valence-corrected chi connectivity index (χ3v) is 4.95. The molecule has 0 atom stereocenters. The second kappa shape index (κ2) is 8.77. The number of ether oxygens (including phenoxy) is 1. The summed E-state index contributed by atoms with van der Waals surface area (Å²) in [6.07, 6.45) is 0.434. The zero-order valence-electron chi connectivity index (χ0n) is 16.4. The van der Waals surface area contributed by atoms with Gasteiger partial charge < -0.3 is 19.9 Å². The van der Waals surface area contributed by atoms with Crippen LogP contribution in [0, 0.1) is 0 Å². The van der Waals surface area contributed by atoms with Crippen molar-refractivity contribution < 1.29 is 14.3 Å². The number of carbonyl (C=O) groups is 2. The summed E-state index contributed by atoms with van der Waals surface area (Å²) in [5.41, 5.74) is 1.21. The minimum absolute atomic E-state index is 0.0674. The smallest absolute Gasteiger partial charge is 0.258 e. The van der Waals surface area contributed by atoms with Gasteiger partial charge in [0.15, 0.2) is 0 Å². The van der Waals surface area contributed by atoms with E-state index in [1.54, 1.807) is 18.2 Å². The molecule has 8 heteroatoms. The highest BCUT2D eigenvalue weighted by Gasteiger charge is 2.21. The van der Waals surface area contributed by atoms with Gasteiger partial charge in [-0.3, -0.25) is 14.4 Å². The molecular formula is C22H22N4O4. The summed E-state index contributed by atoms with van der Waals surface area (Å²) in [7, 11) is 0. The SMILES string of the molecule is O=C1CN(C(=O)CCc2nc3c(OCc4ccccc4)cccc3c(=O)[nH]2)CCN1. The molecule has 30 heavy (non-hydrogen) atoms. The molecule has 2 aromatic carbocycles. The van der Waals surface area contributed by atoms with E-state index in [1.165, 1.54) is 4.90 Å². The lowest BCUT2D eigenvalue weighted by atomic mass is 10.2. The number of fused-ring (bicyclic) bond motifs is 1. The van der Waals surface area contributed by atoms with E-state index in [2.05, 4.69) is 15.3 Å².